The number of aromatic nitrogens is 3. The van der Waals surface area contributed by atoms with Crippen molar-refractivity contribution in [3.63, 3.8) is 0 Å². The maximum atomic E-state index is 12.8. The summed E-state index contributed by atoms with van der Waals surface area (Å²) in [5.74, 6) is 0.740. The molecule has 2 aliphatic heterocycles. The number of nitrogens with zero attached hydrogens (tertiary/aromatic N) is 5. The number of fused-ring (bicyclic) bond motifs is 1. The van der Waals surface area contributed by atoms with Crippen molar-refractivity contribution in [2.24, 2.45) is 5.92 Å². The van der Waals surface area contributed by atoms with E-state index in [2.05, 4.69) is 23.7 Å². The minimum absolute atomic E-state index is 0.0391. The predicted octanol–water partition coefficient (Wildman–Crippen LogP) is 1.94. The van der Waals surface area contributed by atoms with Gasteiger partial charge < -0.3 is 4.90 Å². The van der Waals surface area contributed by atoms with E-state index < -0.39 is 0 Å². The van der Waals surface area contributed by atoms with Crippen LogP contribution in [0.5, 0.6) is 0 Å². The van der Waals surface area contributed by atoms with Crippen LogP contribution in [0.1, 0.15) is 40.0 Å². The second kappa shape index (κ2) is 7.70. The first kappa shape index (κ1) is 19.2. The number of pyridine rings is 1. The van der Waals surface area contributed by atoms with Crippen molar-refractivity contribution in [3.05, 3.63) is 28.8 Å². The molecule has 0 saturated carbocycles. The van der Waals surface area contributed by atoms with Gasteiger partial charge in [-0.3, -0.25) is 18.8 Å². The molecule has 2 saturated heterocycles. The standard InChI is InChI=1S/C21H31N5O2/c1-4-24-17-6-5-10-22-19(17)26(21(24)28)14-16-7-11-23(12-8-16)18-9-13-25(15(2)3)20(18)27/h5-6,10,15-16,18H,4,7-9,11-14H2,1-3H3. The number of hydrogen-bond acceptors (Lipinski definition) is 4. The van der Waals surface area contributed by atoms with Crippen molar-refractivity contribution < 1.29 is 4.79 Å². The highest BCUT2D eigenvalue weighted by Gasteiger charge is 2.38. The van der Waals surface area contributed by atoms with Crippen LogP contribution in [0.3, 0.4) is 0 Å². The molecule has 2 aliphatic rings. The summed E-state index contributed by atoms with van der Waals surface area (Å²) in [6.45, 7) is 10.3. The zero-order valence-electron chi connectivity index (χ0n) is 17.2. The molecule has 2 fully saturated rings. The van der Waals surface area contributed by atoms with Crippen LogP contribution in [-0.2, 0) is 17.9 Å². The van der Waals surface area contributed by atoms with Crippen LogP contribution in [0.2, 0.25) is 0 Å². The summed E-state index contributed by atoms with van der Waals surface area (Å²) in [7, 11) is 0. The summed E-state index contributed by atoms with van der Waals surface area (Å²) >= 11 is 0. The van der Waals surface area contributed by atoms with Crippen LogP contribution in [0.15, 0.2) is 23.1 Å². The zero-order valence-corrected chi connectivity index (χ0v) is 17.2. The second-order valence-electron chi connectivity index (χ2n) is 8.39. The highest BCUT2D eigenvalue weighted by Crippen LogP contribution is 2.26. The first-order valence-electron chi connectivity index (χ1n) is 10.6. The molecule has 0 bridgehead atoms. The van der Waals surface area contributed by atoms with E-state index in [0.717, 1.165) is 50.1 Å². The minimum atomic E-state index is 0.0391. The Bertz CT molecular complexity index is 907. The van der Waals surface area contributed by atoms with E-state index in [4.69, 9.17) is 0 Å². The number of amides is 1. The van der Waals surface area contributed by atoms with Gasteiger partial charge in [0.25, 0.3) is 0 Å². The van der Waals surface area contributed by atoms with Gasteiger partial charge in [0.15, 0.2) is 5.65 Å². The molecule has 1 unspecified atom stereocenters. The number of aryl methyl sites for hydroxylation is 1. The third-order valence-electron chi connectivity index (χ3n) is 6.46. The highest BCUT2D eigenvalue weighted by molar-refractivity contribution is 5.84. The lowest BCUT2D eigenvalue weighted by Crippen LogP contribution is -2.47. The van der Waals surface area contributed by atoms with E-state index in [1.54, 1.807) is 10.8 Å². The lowest BCUT2D eigenvalue weighted by Gasteiger charge is -2.35. The van der Waals surface area contributed by atoms with Crippen LogP contribution < -0.4 is 5.69 Å². The van der Waals surface area contributed by atoms with E-state index >= 15 is 0 Å². The smallest absolute Gasteiger partial charge is 0.330 e. The van der Waals surface area contributed by atoms with Crippen LogP contribution in [0, 0.1) is 5.92 Å². The van der Waals surface area contributed by atoms with Gasteiger partial charge in [-0.2, -0.15) is 0 Å². The molecule has 7 heteroatoms. The molecule has 7 nitrogen and oxygen atoms in total. The van der Waals surface area contributed by atoms with Crippen LogP contribution >= 0.6 is 0 Å². The van der Waals surface area contributed by atoms with Gasteiger partial charge in [0.05, 0.1) is 11.6 Å². The lowest BCUT2D eigenvalue weighted by atomic mass is 9.95. The van der Waals surface area contributed by atoms with Gasteiger partial charge in [0.2, 0.25) is 5.91 Å². The van der Waals surface area contributed by atoms with Crippen molar-refractivity contribution in [1.82, 2.24) is 23.9 Å². The predicted molar refractivity (Wildman–Crippen MR) is 109 cm³/mol. The third kappa shape index (κ3) is 3.26. The number of carbonyl (C=O) groups excluding carboxylic acids is 1. The average molecular weight is 386 g/mol. The molecule has 4 heterocycles. The Kier molecular flexibility index (Phi) is 5.27. The van der Waals surface area contributed by atoms with E-state index in [1.807, 2.05) is 28.5 Å². The van der Waals surface area contributed by atoms with Gasteiger partial charge in [-0.05, 0) is 71.2 Å². The fourth-order valence-electron chi connectivity index (χ4n) is 4.86. The molecule has 0 aromatic carbocycles. The van der Waals surface area contributed by atoms with Gasteiger partial charge in [0.1, 0.15) is 0 Å². The van der Waals surface area contributed by atoms with Crippen molar-refractivity contribution in [2.45, 2.75) is 65.2 Å². The van der Waals surface area contributed by atoms with E-state index in [-0.39, 0.29) is 17.8 Å². The molecular weight excluding hydrogens is 354 g/mol. The van der Waals surface area contributed by atoms with Crippen molar-refractivity contribution in [3.8, 4) is 0 Å². The van der Waals surface area contributed by atoms with E-state index in [9.17, 15) is 9.59 Å². The maximum absolute atomic E-state index is 12.8. The van der Waals surface area contributed by atoms with Gasteiger partial charge in [-0.1, -0.05) is 0 Å². The highest BCUT2D eigenvalue weighted by atomic mass is 16.2. The maximum Gasteiger partial charge on any atom is 0.330 e. The monoisotopic (exact) mass is 385 g/mol. The van der Waals surface area contributed by atoms with Crippen LogP contribution in [0.25, 0.3) is 11.2 Å². The van der Waals surface area contributed by atoms with Gasteiger partial charge in [-0.15, -0.1) is 0 Å². The summed E-state index contributed by atoms with van der Waals surface area (Å²) in [4.78, 5) is 34.3. The van der Waals surface area contributed by atoms with Gasteiger partial charge in [-0.25, -0.2) is 9.78 Å². The normalized spacial score (nSPS) is 22.1. The Morgan fingerprint density at radius 2 is 1.86 bits per heavy atom. The molecule has 0 N–H and O–H groups in total. The van der Waals surface area contributed by atoms with E-state index in [1.165, 1.54) is 0 Å². The van der Waals surface area contributed by atoms with Crippen molar-refractivity contribution in [1.29, 1.82) is 0 Å². The third-order valence-corrected chi connectivity index (χ3v) is 6.46. The summed E-state index contributed by atoms with van der Waals surface area (Å²) in [5, 5.41) is 0. The Morgan fingerprint density at radius 3 is 2.50 bits per heavy atom. The minimum Gasteiger partial charge on any atom is -0.339 e. The molecule has 1 amide bonds. The first-order chi connectivity index (χ1) is 13.5. The molecule has 0 spiro atoms. The van der Waals surface area contributed by atoms with Gasteiger partial charge >= 0.3 is 5.69 Å². The van der Waals surface area contributed by atoms with E-state index in [0.29, 0.717) is 24.9 Å². The first-order valence-corrected chi connectivity index (χ1v) is 10.6. The lowest BCUT2D eigenvalue weighted by molar-refractivity contribution is -0.134. The number of imidazole rings is 1. The van der Waals surface area contributed by atoms with Crippen LogP contribution in [-0.4, -0.2) is 61.5 Å². The summed E-state index contributed by atoms with van der Waals surface area (Å²) in [6, 6.07) is 4.19. The summed E-state index contributed by atoms with van der Waals surface area (Å²) < 4.78 is 3.65. The topological polar surface area (TPSA) is 63.4 Å². The molecular formula is C21H31N5O2. The van der Waals surface area contributed by atoms with Crippen molar-refractivity contribution in [2.75, 3.05) is 19.6 Å². The molecule has 28 heavy (non-hydrogen) atoms. The fourth-order valence-corrected chi connectivity index (χ4v) is 4.86. The Morgan fingerprint density at radius 1 is 1.11 bits per heavy atom. The molecule has 2 aromatic heterocycles. The van der Waals surface area contributed by atoms with Gasteiger partial charge in [0, 0.05) is 31.9 Å². The Balaban J connectivity index is 1.43. The SMILES string of the molecule is CCn1c(=O)n(CC2CCN(C3CCN(C(C)C)C3=O)CC2)c2ncccc21. The number of likely N-dealkylation sites (tertiary alicyclic amines) is 2. The number of piperidine rings is 1. The summed E-state index contributed by atoms with van der Waals surface area (Å²) in [5.41, 5.74) is 1.74. The summed E-state index contributed by atoms with van der Waals surface area (Å²) in [6.07, 6.45) is 4.73. The molecule has 4 rings (SSSR count). The average Bonchev–Trinajstić information content (AvgIpc) is 3.20. The molecule has 0 radical (unpaired) electrons. The number of hydrogen-bond donors (Lipinski definition) is 0. The van der Waals surface area contributed by atoms with Crippen molar-refractivity contribution >= 4 is 17.1 Å². The Labute approximate surface area is 165 Å². The number of rotatable bonds is 5. The second-order valence-corrected chi connectivity index (χ2v) is 8.39. The molecule has 2 aromatic rings. The molecule has 0 aliphatic carbocycles. The largest absolute Gasteiger partial charge is 0.339 e. The molecule has 152 valence electrons. The van der Waals surface area contributed by atoms with Crippen LogP contribution in [0.4, 0.5) is 0 Å². The zero-order chi connectivity index (χ0) is 19.8. The Hall–Kier alpha value is -2.15. The number of carbonyl (C=O) groups is 1. The molecule has 1 atom stereocenters. The quantitative estimate of drug-likeness (QED) is 0.789. The fraction of sp³-hybridized carbons (Fsp3) is 0.667.